The van der Waals surface area contributed by atoms with E-state index in [0.29, 0.717) is 52.3 Å². The molecule has 0 spiro atoms. The quantitative estimate of drug-likeness (QED) is 0.0989. The number of nitrogens with zero attached hydrogens (tertiary/aromatic N) is 4. The molecule has 3 aromatic carbocycles. The Morgan fingerprint density at radius 2 is 1.49 bits per heavy atom. The zero-order valence-electron chi connectivity index (χ0n) is 29.7. The van der Waals surface area contributed by atoms with E-state index in [0.717, 1.165) is 27.5 Å². The number of anilines is 1. The number of phenolic OH excluding ortho intramolecular Hbond substituents is 2. The van der Waals surface area contributed by atoms with E-state index in [9.17, 15) is 15.0 Å². The second-order valence-electron chi connectivity index (χ2n) is 13.1. The zero-order valence-corrected chi connectivity index (χ0v) is 29.7. The molecule has 0 aliphatic carbocycles. The summed E-state index contributed by atoms with van der Waals surface area (Å²) in [4.78, 5) is 31.7. The number of aromatic nitrogens is 4. The SMILES string of the molecule is COc1c(C(Nc2ccccn2)c2ccccc2)c(O)c2ncccc2c1CCC(C)C(NC(=O)c1ncccc1C)c1ccc2cccnc2c1O. The summed E-state index contributed by atoms with van der Waals surface area (Å²) in [5.41, 5.74) is 4.81. The molecule has 0 aliphatic rings. The van der Waals surface area contributed by atoms with Crippen molar-refractivity contribution in [2.45, 2.75) is 38.8 Å². The van der Waals surface area contributed by atoms with Crippen LogP contribution in [-0.4, -0.2) is 43.2 Å². The van der Waals surface area contributed by atoms with Gasteiger partial charge in [0.1, 0.15) is 34.0 Å². The Kier molecular flexibility index (Phi) is 10.1. The molecule has 266 valence electrons. The van der Waals surface area contributed by atoms with Crippen LogP contribution >= 0.6 is 0 Å². The molecule has 7 rings (SSSR count). The molecule has 0 radical (unpaired) electrons. The van der Waals surface area contributed by atoms with Gasteiger partial charge in [0.25, 0.3) is 5.91 Å². The Balaban J connectivity index is 1.31. The van der Waals surface area contributed by atoms with E-state index in [1.807, 2.05) is 105 Å². The van der Waals surface area contributed by atoms with Crippen molar-refractivity contribution >= 4 is 33.5 Å². The van der Waals surface area contributed by atoms with Crippen molar-refractivity contribution in [3.8, 4) is 17.2 Å². The number of hydrogen-bond donors (Lipinski definition) is 4. The van der Waals surface area contributed by atoms with Gasteiger partial charge in [-0.15, -0.1) is 0 Å². The predicted octanol–water partition coefficient (Wildman–Crippen LogP) is 8.24. The summed E-state index contributed by atoms with van der Waals surface area (Å²) >= 11 is 0. The van der Waals surface area contributed by atoms with Crippen LogP contribution in [0, 0.1) is 12.8 Å². The molecule has 3 atom stereocenters. The van der Waals surface area contributed by atoms with Crippen LogP contribution in [0.4, 0.5) is 5.82 Å². The smallest absolute Gasteiger partial charge is 0.270 e. The van der Waals surface area contributed by atoms with Crippen molar-refractivity contribution in [1.29, 1.82) is 0 Å². The van der Waals surface area contributed by atoms with Crippen molar-refractivity contribution in [2.75, 3.05) is 12.4 Å². The fraction of sp³-hybridized carbons (Fsp3) is 0.186. The summed E-state index contributed by atoms with van der Waals surface area (Å²) in [6, 6.07) is 29.2. The minimum Gasteiger partial charge on any atom is -0.505 e. The van der Waals surface area contributed by atoms with Crippen molar-refractivity contribution in [3.05, 3.63) is 155 Å². The number of nitrogens with one attached hydrogen (secondary N) is 2. The van der Waals surface area contributed by atoms with E-state index in [4.69, 9.17) is 4.74 Å². The number of amides is 1. The maximum absolute atomic E-state index is 13.8. The van der Waals surface area contributed by atoms with Crippen LogP contribution in [0.1, 0.15) is 63.7 Å². The highest BCUT2D eigenvalue weighted by Gasteiger charge is 2.31. The highest BCUT2D eigenvalue weighted by atomic mass is 16.5. The lowest BCUT2D eigenvalue weighted by Crippen LogP contribution is -2.34. The Labute approximate surface area is 307 Å². The molecule has 4 N–H and O–H groups in total. The molecule has 1 amide bonds. The largest absolute Gasteiger partial charge is 0.505 e. The normalized spacial score (nSPS) is 13.0. The van der Waals surface area contributed by atoms with Crippen molar-refractivity contribution in [2.24, 2.45) is 5.92 Å². The predicted molar refractivity (Wildman–Crippen MR) is 206 cm³/mol. The van der Waals surface area contributed by atoms with Gasteiger partial charge < -0.3 is 25.6 Å². The Morgan fingerprint density at radius 3 is 2.25 bits per heavy atom. The van der Waals surface area contributed by atoms with Gasteiger partial charge in [0.2, 0.25) is 0 Å². The number of pyridine rings is 4. The molecule has 3 unspecified atom stereocenters. The summed E-state index contributed by atoms with van der Waals surface area (Å²) < 4.78 is 6.21. The molecule has 0 bridgehead atoms. The molecule has 0 aliphatic heterocycles. The summed E-state index contributed by atoms with van der Waals surface area (Å²) in [5, 5.41) is 31.8. The number of fused-ring (bicyclic) bond motifs is 2. The maximum atomic E-state index is 13.8. The molecule has 0 fully saturated rings. The van der Waals surface area contributed by atoms with Gasteiger partial charge in [-0.3, -0.25) is 19.7 Å². The summed E-state index contributed by atoms with van der Waals surface area (Å²) in [7, 11) is 1.61. The van der Waals surface area contributed by atoms with Gasteiger partial charge in [-0.05, 0) is 67.1 Å². The van der Waals surface area contributed by atoms with E-state index in [2.05, 4.69) is 30.6 Å². The molecule has 10 heteroatoms. The fourth-order valence-corrected chi connectivity index (χ4v) is 7.06. The molecule has 7 aromatic rings. The maximum Gasteiger partial charge on any atom is 0.270 e. The minimum absolute atomic E-state index is 0.0102. The number of aromatic hydroxyl groups is 2. The highest BCUT2D eigenvalue weighted by Crippen LogP contribution is 2.46. The minimum atomic E-state index is -0.606. The molecule has 4 aromatic heterocycles. The van der Waals surface area contributed by atoms with Crippen LogP contribution in [0.15, 0.2) is 122 Å². The van der Waals surface area contributed by atoms with Gasteiger partial charge in [-0.2, -0.15) is 0 Å². The number of phenols is 2. The van der Waals surface area contributed by atoms with Crippen LogP contribution in [0.2, 0.25) is 0 Å². The summed E-state index contributed by atoms with van der Waals surface area (Å²) in [5.74, 6) is 0.631. The molecular formula is C43H40N6O4. The number of benzene rings is 3. The lowest BCUT2D eigenvalue weighted by atomic mass is 9.85. The van der Waals surface area contributed by atoms with Gasteiger partial charge in [-0.1, -0.05) is 73.7 Å². The standard InChI is InChI=1S/C43H40N6O4/c1-26-12-9-23-45-36(26)43(52)49-35(32-21-19-29-15-10-24-46-38(29)40(32)50)27(2)18-20-31-30-16-11-25-47-39(30)41(51)34(42(31)53-3)37(28-13-5-4-6-14-28)48-33-17-7-8-22-44-33/h4-17,19,21-25,27,35,37,50-51H,18,20H2,1-3H3,(H,44,48)(H,49,52). The summed E-state index contributed by atoms with van der Waals surface area (Å²) in [6.45, 7) is 3.89. The number of rotatable bonds is 12. The number of aryl methyl sites for hydroxylation is 2. The average molecular weight is 705 g/mol. The highest BCUT2D eigenvalue weighted by molar-refractivity contribution is 5.94. The van der Waals surface area contributed by atoms with Gasteiger partial charge >= 0.3 is 0 Å². The topological polar surface area (TPSA) is 142 Å². The molecule has 0 saturated carbocycles. The zero-order chi connectivity index (χ0) is 36.9. The average Bonchev–Trinajstić information content (AvgIpc) is 3.20. The first kappa shape index (κ1) is 34.9. The first-order valence-corrected chi connectivity index (χ1v) is 17.5. The Hall–Kier alpha value is -6.55. The molecule has 10 nitrogen and oxygen atoms in total. The van der Waals surface area contributed by atoms with Crippen LogP contribution in [0.5, 0.6) is 17.2 Å². The lowest BCUT2D eigenvalue weighted by Gasteiger charge is -2.28. The van der Waals surface area contributed by atoms with Gasteiger partial charge in [0.05, 0.1) is 24.8 Å². The molecule has 4 heterocycles. The third-order valence-electron chi connectivity index (χ3n) is 9.76. The number of methoxy groups -OCH3 is 1. The van der Waals surface area contributed by atoms with E-state index in [-0.39, 0.29) is 23.3 Å². The Bertz CT molecular complexity index is 2390. The van der Waals surface area contributed by atoms with Gasteiger partial charge in [0.15, 0.2) is 5.75 Å². The third kappa shape index (κ3) is 7.03. The molecule has 0 saturated heterocycles. The fourth-order valence-electron chi connectivity index (χ4n) is 7.06. The first-order valence-electron chi connectivity index (χ1n) is 17.5. The number of carbonyl (C=O) groups excluding carboxylic acids is 1. The monoisotopic (exact) mass is 704 g/mol. The van der Waals surface area contributed by atoms with Crippen LogP contribution in [0.3, 0.4) is 0 Å². The first-order chi connectivity index (χ1) is 25.9. The van der Waals surface area contributed by atoms with Gasteiger partial charge in [0, 0.05) is 46.7 Å². The van der Waals surface area contributed by atoms with Gasteiger partial charge in [-0.25, -0.2) is 4.98 Å². The third-order valence-corrected chi connectivity index (χ3v) is 9.76. The van der Waals surface area contributed by atoms with E-state index in [1.54, 1.807) is 38.0 Å². The number of hydrogen-bond acceptors (Lipinski definition) is 9. The van der Waals surface area contributed by atoms with Crippen LogP contribution in [0.25, 0.3) is 21.8 Å². The Morgan fingerprint density at radius 1 is 0.774 bits per heavy atom. The lowest BCUT2D eigenvalue weighted by molar-refractivity contribution is 0.0915. The van der Waals surface area contributed by atoms with Crippen LogP contribution < -0.4 is 15.4 Å². The van der Waals surface area contributed by atoms with Crippen molar-refractivity contribution in [3.63, 3.8) is 0 Å². The van der Waals surface area contributed by atoms with E-state index < -0.39 is 12.1 Å². The van der Waals surface area contributed by atoms with E-state index in [1.165, 1.54) is 0 Å². The van der Waals surface area contributed by atoms with E-state index >= 15 is 0 Å². The number of carbonyl (C=O) groups is 1. The second-order valence-corrected chi connectivity index (χ2v) is 13.1. The second kappa shape index (κ2) is 15.4. The molecule has 53 heavy (non-hydrogen) atoms. The van der Waals surface area contributed by atoms with Crippen molar-refractivity contribution in [1.82, 2.24) is 25.3 Å². The summed E-state index contributed by atoms with van der Waals surface area (Å²) in [6.07, 6.45) is 7.66. The van der Waals surface area contributed by atoms with Crippen LogP contribution in [-0.2, 0) is 6.42 Å². The number of ether oxygens (including phenoxy) is 1. The molecular weight excluding hydrogens is 665 g/mol. The van der Waals surface area contributed by atoms with Crippen molar-refractivity contribution < 1.29 is 19.7 Å².